The van der Waals surface area contributed by atoms with Gasteiger partial charge in [0.1, 0.15) is 6.10 Å². The summed E-state index contributed by atoms with van der Waals surface area (Å²) in [4.78, 5) is 35.2. The molecule has 0 aromatic heterocycles. The van der Waals surface area contributed by atoms with E-state index in [0.717, 1.165) is 38.5 Å². The van der Waals surface area contributed by atoms with Gasteiger partial charge in [-0.25, -0.2) is 0 Å². The monoisotopic (exact) mass is 566 g/mol. The first kappa shape index (κ1) is 38.4. The molecular weight excluding hydrogens is 502 g/mol. The molecule has 0 radical (unpaired) electrons. The summed E-state index contributed by atoms with van der Waals surface area (Å²) in [5, 5.41) is 13.0. The summed E-state index contributed by atoms with van der Waals surface area (Å²) in [6, 6.07) is 0. The Kier molecular flexibility index (Phi) is 29.2. The van der Waals surface area contributed by atoms with Crippen LogP contribution in [0.5, 0.6) is 0 Å². The van der Waals surface area contributed by atoms with Gasteiger partial charge in [0.2, 0.25) is 5.91 Å². The zero-order chi connectivity index (χ0) is 29.5. The second-order valence-corrected chi connectivity index (χ2v) is 11.8. The predicted octanol–water partition coefficient (Wildman–Crippen LogP) is 8.34. The largest absolute Gasteiger partial charge is 0.548 e. The highest BCUT2D eigenvalue weighted by Crippen LogP contribution is 2.17. The van der Waals surface area contributed by atoms with E-state index < -0.39 is 24.5 Å². The first-order chi connectivity index (χ1) is 19.5. The highest BCUT2D eigenvalue weighted by Gasteiger charge is 2.18. The molecule has 6 nitrogen and oxygen atoms in total. The molecule has 0 bridgehead atoms. The second-order valence-electron chi connectivity index (χ2n) is 11.8. The van der Waals surface area contributed by atoms with Crippen LogP contribution in [0.3, 0.4) is 0 Å². The highest BCUT2D eigenvalue weighted by atomic mass is 16.5. The fraction of sp³-hybridized carbons (Fsp3) is 0.912. The number of unbranched alkanes of at least 4 members (excludes halogenated alkanes) is 22. The molecule has 236 valence electrons. The van der Waals surface area contributed by atoms with Crippen molar-refractivity contribution in [1.29, 1.82) is 0 Å². The number of amides is 1. The lowest BCUT2D eigenvalue weighted by atomic mass is 10.0. The average Bonchev–Trinajstić information content (AvgIpc) is 2.93. The van der Waals surface area contributed by atoms with E-state index in [9.17, 15) is 19.5 Å². The Labute approximate surface area is 247 Å². The van der Waals surface area contributed by atoms with Gasteiger partial charge in [0, 0.05) is 6.42 Å². The third-order valence-electron chi connectivity index (χ3n) is 7.76. The van der Waals surface area contributed by atoms with E-state index in [1.165, 1.54) is 116 Å². The SMILES string of the molecule is CCCCCCCCCCCCCCCC(=O)OC(CCCCCCCCCCCCC)CC(=O)NCC(=O)[O-]. The molecule has 0 fully saturated rings. The molecule has 1 unspecified atom stereocenters. The van der Waals surface area contributed by atoms with Crippen molar-refractivity contribution in [1.82, 2.24) is 5.32 Å². The van der Waals surface area contributed by atoms with Crippen molar-refractivity contribution in [3.8, 4) is 0 Å². The summed E-state index contributed by atoms with van der Waals surface area (Å²) in [7, 11) is 0. The van der Waals surface area contributed by atoms with Crippen LogP contribution in [-0.2, 0) is 19.1 Å². The number of esters is 1. The minimum atomic E-state index is -1.32. The van der Waals surface area contributed by atoms with Gasteiger partial charge in [-0.15, -0.1) is 0 Å². The van der Waals surface area contributed by atoms with Crippen molar-refractivity contribution >= 4 is 17.8 Å². The molecule has 6 heteroatoms. The number of carbonyl (C=O) groups is 3. The lowest BCUT2D eigenvalue weighted by Crippen LogP contribution is -2.39. The van der Waals surface area contributed by atoms with Gasteiger partial charge < -0.3 is 20.0 Å². The average molecular weight is 567 g/mol. The lowest BCUT2D eigenvalue weighted by Gasteiger charge is -2.18. The van der Waals surface area contributed by atoms with Gasteiger partial charge in [-0.1, -0.05) is 155 Å². The molecule has 0 saturated carbocycles. The van der Waals surface area contributed by atoms with Crippen LogP contribution in [0, 0.1) is 0 Å². The quantitative estimate of drug-likeness (QED) is 0.0672. The Balaban J connectivity index is 4.02. The summed E-state index contributed by atoms with van der Waals surface area (Å²) in [5.74, 6) is -1.98. The molecule has 40 heavy (non-hydrogen) atoms. The van der Waals surface area contributed by atoms with Crippen LogP contribution in [0.1, 0.15) is 187 Å². The minimum Gasteiger partial charge on any atom is -0.548 e. The Morgan fingerprint density at radius 3 is 1.35 bits per heavy atom. The first-order valence-corrected chi connectivity index (χ1v) is 17.2. The van der Waals surface area contributed by atoms with E-state index in [1.807, 2.05) is 0 Å². The van der Waals surface area contributed by atoms with E-state index in [1.54, 1.807) is 0 Å². The highest BCUT2D eigenvalue weighted by molar-refractivity contribution is 5.81. The number of aliphatic carboxylic acids is 1. The van der Waals surface area contributed by atoms with E-state index in [4.69, 9.17) is 4.74 Å². The maximum Gasteiger partial charge on any atom is 0.306 e. The Morgan fingerprint density at radius 2 is 0.950 bits per heavy atom. The van der Waals surface area contributed by atoms with Gasteiger partial charge in [0.25, 0.3) is 0 Å². The number of ether oxygens (including phenoxy) is 1. The smallest absolute Gasteiger partial charge is 0.306 e. The molecule has 0 aliphatic carbocycles. The number of carboxylic acids is 1. The Bertz CT molecular complexity index is 595. The molecule has 0 rings (SSSR count). The van der Waals surface area contributed by atoms with E-state index >= 15 is 0 Å². The van der Waals surface area contributed by atoms with Crippen LogP contribution in [0.4, 0.5) is 0 Å². The second kappa shape index (κ2) is 30.4. The topological polar surface area (TPSA) is 95.5 Å². The number of carboxylic acid groups (broad SMARTS) is 1. The molecule has 0 aliphatic heterocycles. The first-order valence-electron chi connectivity index (χ1n) is 17.2. The van der Waals surface area contributed by atoms with Crippen molar-refractivity contribution in [3.05, 3.63) is 0 Å². The molecule has 1 amide bonds. The van der Waals surface area contributed by atoms with Crippen molar-refractivity contribution in [2.24, 2.45) is 0 Å². The predicted molar refractivity (Wildman–Crippen MR) is 164 cm³/mol. The summed E-state index contributed by atoms with van der Waals surface area (Å²) in [5.41, 5.74) is 0. The van der Waals surface area contributed by atoms with Crippen LogP contribution in [0.15, 0.2) is 0 Å². The van der Waals surface area contributed by atoms with Crippen molar-refractivity contribution in [2.45, 2.75) is 193 Å². The fourth-order valence-electron chi connectivity index (χ4n) is 5.22. The van der Waals surface area contributed by atoms with E-state index in [-0.39, 0.29) is 12.4 Å². The summed E-state index contributed by atoms with van der Waals surface area (Å²) < 4.78 is 5.66. The number of carbonyl (C=O) groups excluding carboxylic acids is 3. The van der Waals surface area contributed by atoms with Crippen LogP contribution in [-0.4, -0.2) is 30.5 Å². The van der Waals surface area contributed by atoms with Crippen LogP contribution in [0.25, 0.3) is 0 Å². The number of rotatable bonds is 31. The number of hydrogen-bond acceptors (Lipinski definition) is 5. The molecule has 0 aromatic rings. The maximum atomic E-state index is 12.4. The molecule has 0 heterocycles. The fourth-order valence-corrected chi connectivity index (χ4v) is 5.22. The zero-order valence-corrected chi connectivity index (χ0v) is 26.4. The van der Waals surface area contributed by atoms with Crippen molar-refractivity contribution < 1.29 is 24.2 Å². The maximum absolute atomic E-state index is 12.4. The summed E-state index contributed by atoms with van der Waals surface area (Å²) in [6.45, 7) is 3.98. The molecule has 0 saturated heterocycles. The van der Waals surface area contributed by atoms with Gasteiger partial charge in [-0.05, 0) is 19.3 Å². The van der Waals surface area contributed by atoms with Gasteiger partial charge in [-0.2, -0.15) is 0 Å². The standard InChI is InChI=1S/C34H65NO5/c1-3-5-7-9-11-13-15-16-18-20-22-24-26-28-34(39)40-31(29-32(36)35-30-33(37)38)27-25-23-21-19-17-14-12-10-8-6-4-2/h31H,3-30H2,1-2H3,(H,35,36)(H,37,38)/p-1. The number of nitrogens with one attached hydrogen (secondary N) is 1. The molecule has 0 spiro atoms. The van der Waals surface area contributed by atoms with Gasteiger partial charge in [-0.3, -0.25) is 9.59 Å². The van der Waals surface area contributed by atoms with E-state index in [0.29, 0.717) is 12.8 Å². The third-order valence-corrected chi connectivity index (χ3v) is 7.76. The molecule has 1 N–H and O–H groups in total. The molecular formula is C34H64NO5-. The molecule has 0 aromatic carbocycles. The van der Waals surface area contributed by atoms with Gasteiger partial charge in [0.15, 0.2) is 0 Å². The van der Waals surface area contributed by atoms with Crippen LogP contribution >= 0.6 is 0 Å². The Morgan fingerprint density at radius 1 is 0.575 bits per heavy atom. The van der Waals surface area contributed by atoms with Crippen LogP contribution in [0.2, 0.25) is 0 Å². The number of hydrogen-bond donors (Lipinski definition) is 1. The Hall–Kier alpha value is -1.59. The summed E-state index contributed by atoms with van der Waals surface area (Å²) in [6.07, 6.45) is 30.5. The van der Waals surface area contributed by atoms with Crippen molar-refractivity contribution in [3.63, 3.8) is 0 Å². The zero-order valence-electron chi connectivity index (χ0n) is 26.4. The normalized spacial score (nSPS) is 11.8. The third kappa shape index (κ3) is 29.4. The summed E-state index contributed by atoms with van der Waals surface area (Å²) >= 11 is 0. The minimum absolute atomic E-state index is 0.00931. The molecule has 1 atom stereocenters. The lowest BCUT2D eigenvalue weighted by molar-refractivity contribution is -0.304. The van der Waals surface area contributed by atoms with Crippen LogP contribution < -0.4 is 10.4 Å². The molecule has 0 aliphatic rings. The van der Waals surface area contributed by atoms with E-state index in [2.05, 4.69) is 19.2 Å². The van der Waals surface area contributed by atoms with Gasteiger partial charge in [0.05, 0.1) is 18.9 Å². The van der Waals surface area contributed by atoms with Gasteiger partial charge >= 0.3 is 5.97 Å². The van der Waals surface area contributed by atoms with Crippen molar-refractivity contribution in [2.75, 3.05) is 6.54 Å².